The van der Waals surface area contributed by atoms with E-state index < -0.39 is 0 Å². The Labute approximate surface area is 230 Å². The molecule has 8 heteroatoms. The summed E-state index contributed by atoms with van der Waals surface area (Å²) in [6.07, 6.45) is 2.41. The summed E-state index contributed by atoms with van der Waals surface area (Å²) >= 11 is 1.69. The average Bonchev–Trinajstić information content (AvgIpc) is 3.34. The second kappa shape index (κ2) is 14.4. The first kappa shape index (κ1) is 29.0. The third-order valence-electron chi connectivity index (χ3n) is 6.40. The van der Waals surface area contributed by atoms with Crippen LogP contribution in [0.5, 0.6) is 11.5 Å². The zero-order valence-electron chi connectivity index (χ0n) is 23.1. The minimum absolute atomic E-state index is 0.0218. The van der Waals surface area contributed by atoms with Gasteiger partial charge in [-0.25, -0.2) is 4.79 Å². The number of para-hydroxylation sites is 1. The minimum Gasteiger partial charge on any atom is -0.493 e. The second-order valence-electron chi connectivity index (χ2n) is 9.29. The van der Waals surface area contributed by atoms with Crippen LogP contribution in [-0.2, 0) is 17.8 Å². The van der Waals surface area contributed by atoms with E-state index in [1.54, 1.807) is 30.5 Å². The van der Waals surface area contributed by atoms with Crippen molar-refractivity contribution < 1.29 is 19.1 Å². The van der Waals surface area contributed by atoms with Gasteiger partial charge >= 0.3 is 6.03 Å². The van der Waals surface area contributed by atoms with E-state index in [-0.39, 0.29) is 18.5 Å². The van der Waals surface area contributed by atoms with E-state index in [1.165, 1.54) is 4.88 Å². The first-order valence-corrected chi connectivity index (χ1v) is 13.8. The van der Waals surface area contributed by atoms with Crippen molar-refractivity contribution in [3.05, 3.63) is 75.5 Å². The van der Waals surface area contributed by atoms with E-state index in [1.807, 2.05) is 54.3 Å². The fraction of sp³-hybridized carbons (Fsp3) is 0.400. The molecule has 3 rings (SSSR count). The molecule has 0 spiro atoms. The maximum atomic E-state index is 13.7. The van der Waals surface area contributed by atoms with Gasteiger partial charge in [-0.15, -0.1) is 11.3 Å². The van der Waals surface area contributed by atoms with Gasteiger partial charge in [-0.3, -0.25) is 4.79 Å². The number of rotatable bonds is 13. The lowest BCUT2D eigenvalue weighted by Gasteiger charge is -2.28. The lowest BCUT2D eigenvalue weighted by molar-refractivity contribution is -0.132. The van der Waals surface area contributed by atoms with Crippen molar-refractivity contribution in [1.29, 1.82) is 0 Å². The van der Waals surface area contributed by atoms with E-state index in [4.69, 9.17) is 9.47 Å². The maximum absolute atomic E-state index is 13.7. The van der Waals surface area contributed by atoms with Gasteiger partial charge in [0.15, 0.2) is 11.5 Å². The number of anilines is 1. The van der Waals surface area contributed by atoms with Gasteiger partial charge in [0.25, 0.3) is 0 Å². The molecule has 0 aliphatic heterocycles. The molecule has 0 aliphatic carbocycles. The predicted molar refractivity (Wildman–Crippen MR) is 154 cm³/mol. The number of urea groups is 1. The molecule has 0 fully saturated rings. The molecule has 1 heterocycles. The average molecular weight is 538 g/mol. The molecule has 0 saturated heterocycles. The standard InChI is InChI=1S/C30H39N3O4S/c1-6-7-17-33(30(35)31-26-11-9-8-10-22(26)2)21-29(34)32(20-25-14-12-23(3)38-25)18-16-24-13-15-27(36-4)28(19-24)37-5/h8-15,19H,6-7,16-18,20-21H2,1-5H3,(H,31,35). The van der Waals surface area contributed by atoms with E-state index in [9.17, 15) is 9.59 Å². The number of aryl methyl sites for hydroxylation is 2. The van der Waals surface area contributed by atoms with Crippen molar-refractivity contribution >= 4 is 29.0 Å². The molecular weight excluding hydrogens is 498 g/mol. The van der Waals surface area contributed by atoms with Crippen molar-refractivity contribution in [2.45, 2.75) is 46.6 Å². The van der Waals surface area contributed by atoms with Crippen molar-refractivity contribution in [2.75, 3.05) is 39.2 Å². The molecule has 0 bridgehead atoms. The molecule has 0 saturated carbocycles. The Morgan fingerprint density at radius 2 is 1.68 bits per heavy atom. The van der Waals surface area contributed by atoms with Crippen LogP contribution < -0.4 is 14.8 Å². The van der Waals surface area contributed by atoms with Crippen molar-refractivity contribution in [1.82, 2.24) is 9.80 Å². The quantitative estimate of drug-likeness (QED) is 0.278. The number of amides is 3. The molecule has 2 aromatic carbocycles. The summed E-state index contributed by atoms with van der Waals surface area (Å²) in [5.74, 6) is 1.26. The zero-order valence-corrected chi connectivity index (χ0v) is 23.9. The van der Waals surface area contributed by atoms with Gasteiger partial charge < -0.3 is 24.6 Å². The Balaban J connectivity index is 1.76. The summed E-state index contributed by atoms with van der Waals surface area (Å²) in [5, 5.41) is 2.99. The number of carbonyl (C=O) groups excluding carboxylic acids is 2. The van der Waals surface area contributed by atoms with Crippen molar-refractivity contribution in [2.24, 2.45) is 0 Å². The van der Waals surface area contributed by atoms with E-state index in [0.29, 0.717) is 37.6 Å². The topological polar surface area (TPSA) is 71.1 Å². The highest BCUT2D eigenvalue weighted by atomic mass is 32.1. The Hall–Kier alpha value is -3.52. The summed E-state index contributed by atoms with van der Waals surface area (Å²) in [6, 6.07) is 17.4. The molecule has 3 aromatic rings. The number of thiophene rings is 1. The third kappa shape index (κ3) is 8.25. The number of carbonyl (C=O) groups is 2. The van der Waals surface area contributed by atoms with Crippen LogP contribution >= 0.6 is 11.3 Å². The molecule has 1 N–H and O–H groups in total. The fourth-order valence-electron chi connectivity index (χ4n) is 4.12. The van der Waals surface area contributed by atoms with Gasteiger partial charge in [-0.05, 0) is 68.1 Å². The SMILES string of the molecule is CCCCN(CC(=O)N(CCc1ccc(OC)c(OC)c1)Cc1ccc(C)s1)C(=O)Nc1ccccc1C. The van der Waals surface area contributed by atoms with Crippen LogP contribution in [0.15, 0.2) is 54.6 Å². The number of hydrogen-bond donors (Lipinski definition) is 1. The van der Waals surface area contributed by atoms with E-state index in [0.717, 1.165) is 34.5 Å². The van der Waals surface area contributed by atoms with Crippen LogP contribution in [0.4, 0.5) is 10.5 Å². The summed E-state index contributed by atoms with van der Waals surface area (Å²) in [7, 11) is 3.23. The molecule has 3 amide bonds. The van der Waals surface area contributed by atoms with Crippen molar-refractivity contribution in [3.63, 3.8) is 0 Å². The van der Waals surface area contributed by atoms with Crippen LogP contribution in [0.25, 0.3) is 0 Å². The van der Waals surface area contributed by atoms with Gasteiger partial charge in [0.2, 0.25) is 5.91 Å². The molecule has 1 aromatic heterocycles. The Bertz CT molecular complexity index is 1210. The van der Waals surface area contributed by atoms with Gasteiger partial charge in [-0.2, -0.15) is 0 Å². The van der Waals surface area contributed by atoms with Crippen LogP contribution in [0.1, 0.15) is 40.6 Å². The molecule has 0 atom stereocenters. The first-order valence-electron chi connectivity index (χ1n) is 13.0. The van der Waals surface area contributed by atoms with Crippen LogP contribution in [0.2, 0.25) is 0 Å². The van der Waals surface area contributed by atoms with Gasteiger partial charge in [0, 0.05) is 28.5 Å². The summed E-state index contributed by atoms with van der Waals surface area (Å²) in [6.45, 7) is 7.66. The highest BCUT2D eigenvalue weighted by molar-refractivity contribution is 7.11. The Kier molecular flexibility index (Phi) is 11.0. The fourth-order valence-corrected chi connectivity index (χ4v) is 5.03. The molecule has 0 aliphatic rings. The molecule has 0 radical (unpaired) electrons. The maximum Gasteiger partial charge on any atom is 0.322 e. The lowest BCUT2D eigenvalue weighted by Crippen LogP contribution is -2.45. The highest BCUT2D eigenvalue weighted by Crippen LogP contribution is 2.28. The molecule has 204 valence electrons. The van der Waals surface area contributed by atoms with Crippen molar-refractivity contribution in [3.8, 4) is 11.5 Å². The normalized spacial score (nSPS) is 10.7. The predicted octanol–water partition coefficient (Wildman–Crippen LogP) is 6.29. The Morgan fingerprint density at radius 3 is 2.34 bits per heavy atom. The highest BCUT2D eigenvalue weighted by Gasteiger charge is 2.22. The van der Waals surface area contributed by atoms with E-state index >= 15 is 0 Å². The monoisotopic (exact) mass is 537 g/mol. The first-order chi connectivity index (χ1) is 18.3. The summed E-state index contributed by atoms with van der Waals surface area (Å²) in [5.41, 5.74) is 2.78. The van der Waals surface area contributed by atoms with Gasteiger partial charge in [-0.1, -0.05) is 37.6 Å². The van der Waals surface area contributed by atoms with Crippen LogP contribution in [-0.4, -0.2) is 55.6 Å². The number of methoxy groups -OCH3 is 2. The lowest BCUT2D eigenvalue weighted by atomic mass is 10.1. The van der Waals surface area contributed by atoms with E-state index in [2.05, 4.69) is 31.3 Å². The zero-order chi connectivity index (χ0) is 27.5. The number of ether oxygens (including phenoxy) is 2. The molecule has 7 nitrogen and oxygen atoms in total. The number of benzene rings is 2. The Morgan fingerprint density at radius 1 is 0.921 bits per heavy atom. The minimum atomic E-state index is -0.257. The third-order valence-corrected chi connectivity index (χ3v) is 7.38. The largest absolute Gasteiger partial charge is 0.493 e. The van der Waals surface area contributed by atoms with Gasteiger partial charge in [0.05, 0.1) is 20.8 Å². The summed E-state index contributed by atoms with van der Waals surface area (Å²) < 4.78 is 10.8. The number of hydrogen-bond acceptors (Lipinski definition) is 5. The number of unbranched alkanes of at least 4 members (excludes halogenated alkanes) is 1. The smallest absolute Gasteiger partial charge is 0.322 e. The molecule has 0 unspecified atom stereocenters. The van der Waals surface area contributed by atoms with Crippen LogP contribution in [0.3, 0.4) is 0 Å². The number of nitrogens with one attached hydrogen (secondary N) is 1. The molecular formula is C30H39N3O4S. The second-order valence-corrected chi connectivity index (χ2v) is 10.7. The number of nitrogens with zero attached hydrogens (tertiary/aromatic N) is 2. The van der Waals surface area contributed by atoms with Gasteiger partial charge in [0.1, 0.15) is 6.54 Å². The van der Waals surface area contributed by atoms with Crippen LogP contribution in [0, 0.1) is 13.8 Å². The summed E-state index contributed by atoms with van der Waals surface area (Å²) in [4.78, 5) is 32.7. The molecule has 38 heavy (non-hydrogen) atoms.